The summed E-state index contributed by atoms with van der Waals surface area (Å²) in [7, 11) is 0. The zero-order chi connectivity index (χ0) is 13.8. The van der Waals surface area contributed by atoms with E-state index in [1.165, 1.54) is 11.3 Å². The maximum atomic E-state index is 11.4. The second kappa shape index (κ2) is 6.50. The van der Waals surface area contributed by atoms with E-state index in [0.29, 0.717) is 17.3 Å². The van der Waals surface area contributed by atoms with Crippen molar-refractivity contribution in [1.82, 2.24) is 4.98 Å². The predicted molar refractivity (Wildman–Crippen MR) is 80.6 cm³/mol. The maximum Gasteiger partial charge on any atom is 0.311 e. The van der Waals surface area contributed by atoms with E-state index in [1.54, 1.807) is 6.92 Å². The van der Waals surface area contributed by atoms with Gasteiger partial charge >= 0.3 is 5.97 Å². The molecule has 6 heteroatoms. The number of benzene rings is 1. The Hall–Kier alpha value is -0.910. The van der Waals surface area contributed by atoms with Gasteiger partial charge in [-0.05, 0) is 25.1 Å². The topological polar surface area (TPSA) is 39.2 Å². The number of rotatable bonds is 4. The summed E-state index contributed by atoms with van der Waals surface area (Å²) in [5.41, 5.74) is 1.64. The van der Waals surface area contributed by atoms with Crippen molar-refractivity contribution in [3.63, 3.8) is 0 Å². The van der Waals surface area contributed by atoms with Gasteiger partial charge in [-0.2, -0.15) is 0 Å². The Balaban J connectivity index is 2.21. The first-order valence-corrected chi connectivity index (χ1v) is 7.70. The third-order valence-corrected chi connectivity index (χ3v) is 4.19. The Morgan fingerprint density at radius 3 is 3.05 bits per heavy atom. The molecule has 3 nitrogen and oxygen atoms in total. The minimum Gasteiger partial charge on any atom is -0.466 e. The van der Waals surface area contributed by atoms with Crippen LogP contribution in [-0.4, -0.2) is 17.6 Å². The van der Waals surface area contributed by atoms with Gasteiger partial charge in [-0.15, -0.1) is 11.3 Å². The van der Waals surface area contributed by atoms with E-state index in [9.17, 15) is 4.79 Å². The quantitative estimate of drug-likeness (QED) is 0.762. The van der Waals surface area contributed by atoms with Gasteiger partial charge in [0.15, 0.2) is 0 Å². The largest absolute Gasteiger partial charge is 0.466 e. The van der Waals surface area contributed by atoms with Crippen LogP contribution in [-0.2, 0) is 16.0 Å². The number of esters is 1. The smallest absolute Gasteiger partial charge is 0.311 e. The van der Waals surface area contributed by atoms with Crippen LogP contribution in [0.2, 0.25) is 5.02 Å². The van der Waals surface area contributed by atoms with Gasteiger partial charge in [-0.25, -0.2) is 4.98 Å². The highest BCUT2D eigenvalue weighted by atomic mass is 79.9. The highest BCUT2D eigenvalue weighted by Gasteiger charge is 2.12. The number of carbonyl (C=O) groups is 1. The Kier molecular flexibility index (Phi) is 4.96. The molecule has 0 saturated heterocycles. The molecule has 0 bridgehead atoms. The average Bonchev–Trinajstić information content (AvgIpc) is 2.81. The zero-order valence-corrected chi connectivity index (χ0v) is 13.3. The van der Waals surface area contributed by atoms with Crippen LogP contribution in [0.5, 0.6) is 0 Å². The van der Waals surface area contributed by atoms with Crippen LogP contribution in [0.4, 0.5) is 0 Å². The lowest BCUT2D eigenvalue weighted by molar-refractivity contribution is -0.142. The molecule has 1 aromatic heterocycles. The lowest BCUT2D eigenvalue weighted by atomic mass is 10.2. The molecule has 1 heterocycles. The average molecular weight is 361 g/mol. The number of halogens is 2. The Morgan fingerprint density at radius 2 is 2.32 bits per heavy atom. The zero-order valence-electron chi connectivity index (χ0n) is 10.2. The molecule has 0 radical (unpaired) electrons. The number of nitrogens with zero attached hydrogens (tertiary/aromatic N) is 1. The van der Waals surface area contributed by atoms with Gasteiger partial charge in [0.1, 0.15) is 5.01 Å². The molecule has 0 atom stereocenters. The Labute approximate surface area is 128 Å². The summed E-state index contributed by atoms with van der Waals surface area (Å²) in [6.07, 6.45) is 0.197. The summed E-state index contributed by atoms with van der Waals surface area (Å²) in [5, 5.41) is 3.34. The van der Waals surface area contributed by atoms with Crippen LogP contribution in [0.1, 0.15) is 12.6 Å². The molecular weight excluding hydrogens is 350 g/mol. The van der Waals surface area contributed by atoms with Crippen molar-refractivity contribution >= 4 is 44.8 Å². The van der Waals surface area contributed by atoms with E-state index in [2.05, 4.69) is 20.9 Å². The van der Waals surface area contributed by atoms with Crippen LogP contribution in [0, 0.1) is 0 Å². The monoisotopic (exact) mass is 359 g/mol. The molecular formula is C13H11BrClNO2S. The lowest BCUT2D eigenvalue weighted by Crippen LogP contribution is -2.07. The second-order valence-electron chi connectivity index (χ2n) is 3.75. The van der Waals surface area contributed by atoms with Gasteiger partial charge in [-0.1, -0.05) is 27.5 Å². The van der Waals surface area contributed by atoms with Crippen molar-refractivity contribution in [2.45, 2.75) is 13.3 Å². The minimum atomic E-state index is -0.260. The van der Waals surface area contributed by atoms with Crippen molar-refractivity contribution in [2.75, 3.05) is 6.61 Å². The van der Waals surface area contributed by atoms with Crippen LogP contribution in [0.3, 0.4) is 0 Å². The number of aromatic nitrogens is 1. The molecule has 0 aliphatic rings. The highest BCUT2D eigenvalue weighted by molar-refractivity contribution is 9.10. The fraction of sp³-hybridized carbons (Fsp3) is 0.231. The first-order valence-electron chi connectivity index (χ1n) is 5.65. The summed E-state index contributed by atoms with van der Waals surface area (Å²) in [6, 6.07) is 5.53. The minimum absolute atomic E-state index is 0.197. The van der Waals surface area contributed by atoms with Crippen LogP contribution in [0.25, 0.3) is 10.6 Å². The number of hydrogen-bond donors (Lipinski definition) is 0. The molecule has 2 aromatic rings. The summed E-state index contributed by atoms with van der Waals surface area (Å²) in [4.78, 5) is 15.8. The summed E-state index contributed by atoms with van der Waals surface area (Å²) in [6.45, 7) is 2.17. The van der Waals surface area contributed by atoms with Crippen molar-refractivity contribution < 1.29 is 9.53 Å². The molecule has 0 saturated carbocycles. The highest BCUT2D eigenvalue weighted by Crippen LogP contribution is 2.32. The van der Waals surface area contributed by atoms with E-state index in [0.717, 1.165) is 15.0 Å². The van der Waals surface area contributed by atoms with Gasteiger partial charge in [0.2, 0.25) is 0 Å². The molecule has 0 fully saturated rings. The number of ether oxygens (including phenoxy) is 1. The molecule has 1 aromatic carbocycles. The predicted octanol–water partition coefficient (Wildman–Crippen LogP) is 4.33. The molecule has 100 valence electrons. The van der Waals surface area contributed by atoms with Crippen LogP contribution >= 0.6 is 38.9 Å². The molecule has 0 unspecified atom stereocenters. The summed E-state index contributed by atoms with van der Waals surface area (Å²) < 4.78 is 5.82. The van der Waals surface area contributed by atoms with E-state index in [4.69, 9.17) is 16.3 Å². The molecule has 19 heavy (non-hydrogen) atoms. The maximum absolute atomic E-state index is 11.4. The fourth-order valence-corrected chi connectivity index (χ4v) is 3.12. The molecule has 0 N–H and O–H groups in total. The van der Waals surface area contributed by atoms with Gasteiger partial charge < -0.3 is 4.74 Å². The first-order chi connectivity index (χ1) is 9.10. The van der Waals surface area contributed by atoms with E-state index in [1.807, 2.05) is 23.6 Å². The van der Waals surface area contributed by atoms with Crippen molar-refractivity contribution in [2.24, 2.45) is 0 Å². The third kappa shape index (κ3) is 3.78. The van der Waals surface area contributed by atoms with E-state index >= 15 is 0 Å². The van der Waals surface area contributed by atoms with Gasteiger partial charge in [0, 0.05) is 20.4 Å². The molecule has 0 spiro atoms. The van der Waals surface area contributed by atoms with Crippen molar-refractivity contribution in [3.05, 3.63) is 38.8 Å². The van der Waals surface area contributed by atoms with Gasteiger partial charge in [-0.3, -0.25) is 4.79 Å². The van der Waals surface area contributed by atoms with Crippen LogP contribution in [0.15, 0.2) is 28.1 Å². The van der Waals surface area contributed by atoms with E-state index < -0.39 is 0 Å². The van der Waals surface area contributed by atoms with Gasteiger partial charge in [0.05, 0.1) is 18.7 Å². The SMILES string of the molecule is CCOC(=O)Cc1csc(-c2cc(Cl)ccc2Br)n1. The molecule has 0 aliphatic heterocycles. The number of thiazole rings is 1. The first kappa shape index (κ1) is 14.5. The number of hydrogen-bond acceptors (Lipinski definition) is 4. The lowest BCUT2D eigenvalue weighted by Gasteiger charge is -2.01. The second-order valence-corrected chi connectivity index (χ2v) is 5.90. The fourth-order valence-electron chi connectivity index (χ4n) is 1.53. The van der Waals surface area contributed by atoms with Crippen LogP contribution < -0.4 is 0 Å². The van der Waals surface area contributed by atoms with Crippen molar-refractivity contribution in [1.29, 1.82) is 0 Å². The molecule has 0 amide bonds. The summed E-state index contributed by atoms with van der Waals surface area (Å²) >= 11 is 10.9. The normalized spacial score (nSPS) is 10.5. The standard InChI is InChI=1S/C13H11BrClNO2S/c1-2-18-12(17)6-9-7-19-13(16-9)10-5-8(15)3-4-11(10)14/h3-5,7H,2,6H2,1H3. The van der Waals surface area contributed by atoms with Gasteiger partial charge in [0.25, 0.3) is 0 Å². The Morgan fingerprint density at radius 1 is 1.53 bits per heavy atom. The number of carbonyl (C=O) groups excluding carboxylic acids is 1. The molecule has 2 rings (SSSR count). The summed E-state index contributed by atoms with van der Waals surface area (Å²) in [5.74, 6) is -0.260. The molecule has 0 aliphatic carbocycles. The Bertz CT molecular complexity index is 600. The van der Waals surface area contributed by atoms with Crippen molar-refractivity contribution in [3.8, 4) is 10.6 Å². The third-order valence-electron chi connectivity index (χ3n) is 2.34. The van der Waals surface area contributed by atoms with E-state index in [-0.39, 0.29) is 12.4 Å².